The van der Waals surface area contributed by atoms with Crippen LogP contribution in [0.25, 0.3) is 0 Å². The summed E-state index contributed by atoms with van der Waals surface area (Å²) in [5.41, 5.74) is 0. The van der Waals surface area contributed by atoms with Crippen LogP contribution in [0.5, 0.6) is 0 Å². The van der Waals surface area contributed by atoms with Crippen molar-refractivity contribution in [2.75, 3.05) is 41.8 Å². The molecule has 13 heavy (non-hydrogen) atoms. The van der Waals surface area contributed by atoms with E-state index in [1.54, 1.807) is 0 Å². The highest BCUT2D eigenvalue weighted by Crippen LogP contribution is 2.15. The second-order valence-electron chi connectivity index (χ2n) is 4.20. The van der Waals surface area contributed by atoms with Gasteiger partial charge in [0.25, 0.3) is 0 Å². The fraction of sp³-hybridized carbons (Fsp3) is 0.800. The first-order valence-electron chi connectivity index (χ1n) is 4.74. The van der Waals surface area contributed by atoms with Crippen molar-refractivity contribution in [3.05, 3.63) is 12.2 Å². The molecule has 0 spiro atoms. The van der Waals surface area contributed by atoms with Crippen LogP contribution in [0.15, 0.2) is 12.2 Å². The van der Waals surface area contributed by atoms with E-state index in [1.807, 2.05) is 0 Å². The van der Waals surface area contributed by atoms with Crippen molar-refractivity contribution >= 4 is 0 Å². The first-order valence-corrected chi connectivity index (χ1v) is 4.74. The molecule has 0 fully saturated rings. The van der Waals surface area contributed by atoms with E-state index < -0.39 is 0 Å². The fourth-order valence-electron chi connectivity index (χ4n) is 1.97. The Labute approximate surface area is 81.6 Å². The lowest BCUT2D eigenvalue weighted by Gasteiger charge is -2.42. The lowest BCUT2D eigenvalue weighted by Crippen LogP contribution is -2.56. The molecule has 0 bridgehead atoms. The molecule has 0 aromatic carbocycles. The van der Waals surface area contributed by atoms with Gasteiger partial charge in [-0.05, 0) is 35.2 Å². The van der Waals surface area contributed by atoms with Crippen LogP contribution < -0.4 is 0 Å². The van der Waals surface area contributed by atoms with E-state index in [4.69, 9.17) is 0 Å². The Morgan fingerprint density at radius 3 is 2.15 bits per heavy atom. The van der Waals surface area contributed by atoms with Gasteiger partial charge in [-0.25, -0.2) is 0 Å². The van der Waals surface area contributed by atoms with E-state index in [-0.39, 0.29) is 0 Å². The van der Waals surface area contributed by atoms with E-state index in [0.717, 1.165) is 6.54 Å². The van der Waals surface area contributed by atoms with Gasteiger partial charge in [-0.1, -0.05) is 12.2 Å². The predicted molar refractivity (Wildman–Crippen MR) is 56.7 cm³/mol. The van der Waals surface area contributed by atoms with Crippen molar-refractivity contribution in [3.63, 3.8) is 0 Å². The summed E-state index contributed by atoms with van der Waals surface area (Å²) in [6, 6.07) is 0.494. The number of rotatable bonds is 2. The molecule has 3 heteroatoms. The number of hydrogen-bond donors (Lipinski definition) is 0. The summed E-state index contributed by atoms with van der Waals surface area (Å²) in [5.74, 6) is 0. The number of likely N-dealkylation sites (N-methyl/N-ethyl adjacent to an activating group) is 3. The summed E-state index contributed by atoms with van der Waals surface area (Å²) in [4.78, 5) is 6.90. The van der Waals surface area contributed by atoms with Gasteiger partial charge in [-0.15, -0.1) is 0 Å². The van der Waals surface area contributed by atoms with Gasteiger partial charge in [0.2, 0.25) is 0 Å². The Hall–Kier alpha value is -0.380. The topological polar surface area (TPSA) is 9.72 Å². The van der Waals surface area contributed by atoms with Crippen LogP contribution in [-0.4, -0.2) is 68.7 Å². The quantitative estimate of drug-likeness (QED) is 0.570. The third-order valence-electron chi connectivity index (χ3n) is 2.61. The summed E-state index contributed by atoms with van der Waals surface area (Å²) < 4.78 is 0. The largest absolute Gasteiger partial charge is 0.300 e. The first-order chi connectivity index (χ1) is 6.04. The predicted octanol–water partition coefficient (Wildman–Crippen LogP) is 0.306. The summed E-state index contributed by atoms with van der Waals surface area (Å²) in [6.45, 7) is 1.05. The van der Waals surface area contributed by atoms with E-state index >= 15 is 0 Å². The second-order valence-corrected chi connectivity index (χ2v) is 4.20. The van der Waals surface area contributed by atoms with Crippen LogP contribution in [0, 0.1) is 0 Å². The molecule has 2 atom stereocenters. The maximum Gasteiger partial charge on any atom is 0.0814 e. The van der Waals surface area contributed by atoms with Gasteiger partial charge >= 0.3 is 0 Å². The van der Waals surface area contributed by atoms with Crippen molar-refractivity contribution in [2.45, 2.75) is 12.2 Å². The van der Waals surface area contributed by atoms with Crippen LogP contribution >= 0.6 is 0 Å². The lowest BCUT2D eigenvalue weighted by molar-refractivity contribution is 0.0496. The highest BCUT2D eigenvalue weighted by molar-refractivity contribution is 5.05. The normalized spacial score (nSPS) is 30.4. The molecule has 0 radical (unpaired) electrons. The van der Waals surface area contributed by atoms with Crippen LogP contribution in [0.2, 0.25) is 0 Å². The zero-order valence-electron chi connectivity index (χ0n) is 9.36. The summed E-state index contributed by atoms with van der Waals surface area (Å²) in [6.07, 6.45) is 5.02. The molecular formula is C10H21N3. The molecule has 0 aliphatic carbocycles. The Morgan fingerprint density at radius 2 is 1.77 bits per heavy atom. The molecular weight excluding hydrogens is 162 g/mol. The monoisotopic (exact) mass is 183 g/mol. The zero-order chi connectivity index (χ0) is 10.0. The van der Waals surface area contributed by atoms with E-state index in [0.29, 0.717) is 12.2 Å². The number of hydrogen-bond acceptors (Lipinski definition) is 3. The molecule has 1 aliphatic rings. The summed E-state index contributed by atoms with van der Waals surface area (Å²) >= 11 is 0. The van der Waals surface area contributed by atoms with Gasteiger partial charge in [0.05, 0.1) is 12.2 Å². The van der Waals surface area contributed by atoms with Crippen LogP contribution in [0.1, 0.15) is 0 Å². The van der Waals surface area contributed by atoms with Gasteiger partial charge in [-0.3, -0.25) is 9.80 Å². The second kappa shape index (κ2) is 4.22. The van der Waals surface area contributed by atoms with Gasteiger partial charge in [-0.2, -0.15) is 0 Å². The molecule has 76 valence electrons. The number of nitrogens with zero attached hydrogens (tertiary/aromatic N) is 3. The first kappa shape index (κ1) is 10.7. The minimum Gasteiger partial charge on any atom is -0.300 e. The molecule has 1 heterocycles. The fourth-order valence-corrected chi connectivity index (χ4v) is 1.97. The lowest BCUT2D eigenvalue weighted by atomic mass is 10.1. The zero-order valence-corrected chi connectivity index (χ0v) is 9.36. The van der Waals surface area contributed by atoms with Gasteiger partial charge in [0.1, 0.15) is 0 Å². The molecule has 2 unspecified atom stereocenters. The SMILES string of the molecule is CN(C)C1C=CCN(C)C1N(C)C. The van der Waals surface area contributed by atoms with Crippen molar-refractivity contribution in [1.82, 2.24) is 14.7 Å². The molecule has 0 N–H and O–H groups in total. The third-order valence-corrected chi connectivity index (χ3v) is 2.61. The molecule has 0 saturated carbocycles. The molecule has 0 aromatic rings. The molecule has 0 saturated heterocycles. The maximum atomic E-state index is 2.37. The summed E-state index contributed by atoms with van der Waals surface area (Å²) in [5, 5.41) is 0. The highest BCUT2D eigenvalue weighted by atomic mass is 15.4. The minimum atomic E-state index is 0.486. The van der Waals surface area contributed by atoms with Crippen molar-refractivity contribution in [3.8, 4) is 0 Å². The maximum absolute atomic E-state index is 2.37. The Balaban J connectivity index is 2.78. The molecule has 3 nitrogen and oxygen atoms in total. The average Bonchev–Trinajstić information content (AvgIpc) is 2.02. The average molecular weight is 183 g/mol. The molecule has 0 aromatic heterocycles. The van der Waals surface area contributed by atoms with E-state index in [2.05, 4.69) is 62.1 Å². The van der Waals surface area contributed by atoms with Gasteiger partial charge in [0, 0.05) is 6.54 Å². The molecule has 0 amide bonds. The Morgan fingerprint density at radius 1 is 1.15 bits per heavy atom. The highest BCUT2D eigenvalue weighted by Gasteiger charge is 2.28. The van der Waals surface area contributed by atoms with E-state index in [9.17, 15) is 0 Å². The molecule has 1 aliphatic heterocycles. The standard InChI is InChI=1S/C10H21N3/c1-11(2)9-7-6-8-13(5)10(9)12(3)4/h6-7,9-10H,8H2,1-5H3. The Kier molecular flexibility index (Phi) is 3.47. The molecule has 1 rings (SSSR count). The van der Waals surface area contributed by atoms with Crippen molar-refractivity contribution in [2.24, 2.45) is 0 Å². The van der Waals surface area contributed by atoms with Crippen molar-refractivity contribution in [1.29, 1.82) is 0 Å². The van der Waals surface area contributed by atoms with Gasteiger partial charge < -0.3 is 4.90 Å². The smallest absolute Gasteiger partial charge is 0.0814 e. The van der Waals surface area contributed by atoms with Gasteiger partial charge in [0.15, 0.2) is 0 Å². The van der Waals surface area contributed by atoms with Crippen LogP contribution in [-0.2, 0) is 0 Å². The summed E-state index contributed by atoms with van der Waals surface area (Å²) in [7, 11) is 10.7. The van der Waals surface area contributed by atoms with Crippen molar-refractivity contribution < 1.29 is 0 Å². The Bertz CT molecular complexity index is 187. The minimum absolute atomic E-state index is 0.486. The third kappa shape index (κ3) is 2.30. The van der Waals surface area contributed by atoms with E-state index in [1.165, 1.54) is 0 Å². The van der Waals surface area contributed by atoms with Crippen LogP contribution in [0.4, 0.5) is 0 Å². The van der Waals surface area contributed by atoms with Crippen LogP contribution in [0.3, 0.4) is 0 Å².